The quantitative estimate of drug-likeness (QED) is 0.770. The van der Waals surface area contributed by atoms with Gasteiger partial charge in [-0.3, -0.25) is 14.3 Å². The smallest absolute Gasteiger partial charge is 0.272 e. The number of nitrogens with one attached hydrogen (secondary N) is 1. The van der Waals surface area contributed by atoms with E-state index < -0.39 is 0 Å². The average Bonchev–Trinajstić information content (AvgIpc) is 3.08. The summed E-state index contributed by atoms with van der Waals surface area (Å²) in [5, 5.41) is 10.7. The molecule has 1 amide bonds. The fourth-order valence-electron chi connectivity index (χ4n) is 1.75. The predicted octanol–water partition coefficient (Wildman–Crippen LogP) is 0.987. The van der Waals surface area contributed by atoms with E-state index in [9.17, 15) is 4.79 Å². The van der Waals surface area contributed by atoms with Crippen molar-refractivity contribution in [3.05, 3.63) is 66.6 Å². The lowest BCUT2D eigenvalue weighted by molar-refractivity contribution is 0.0945. The Morgan fingerprint density at radius 1 is 1.05 bits per heavy atom. The summed E-state index contributed by atoms with van der Waals surface area (Å²) >= 11 is 0. The minimum atomic E-state index is -0.267. The molecule has 21 heavy (non-hydrogen) atoms. The van der Waals surface area contributed by atoms with Crippen LogP contribution in [0.1, 0.15) is 16.1 Å². The number of carbonyl (C=O) groups excluding carboxylic acids is 1. The van der Waals surface area contributed by atoms with Crippen LogP contribution in [0.15, 0.2) is 55.4 Å². The Morgan fingerprint density at radius 2 is 1.90 bits per heavy atom. The molecule has 0 unspecified atom stereocenters. The lowest BCUT2D eigenvalue weighted by atomic mass is 10.2. The molecule has 0 spiro atoms. The van der Waals surface area contributed by atoms with Gasteiger partial charge in [-0.15, -0.1) is 10.2 Å². The second kappa shape index (κ2) is 5.91. The van der Waals surface area contributed by atoms with Gasteiger partial charge in [0.15, 0.2) is 11.5 Å². The highest BCUT2D eigenvalue weighted by Gasteiger charge is 2.08. The molecule has 0 aliphatic heterocycles. The summed E-state index contributed by atoms with van der Waals surface area (Å²) < 4.78 is 1.71. The van der Waals surface area contributed by atoms with Crippen LogP contribution in [0.2, 0.25) is 0 Å². The minimum absolute atomic E-state index is 0.267. The van der Waals surface area contributed by atoms with E-state index in [0.717, 1.165) is 5.56 Å². The average molecular weight is 280 g/mol. The standard InChI is InChI=1S/C14H12N6O/c21-14(17-9-11-3-5-15-6-4-11)12-1-2-13(19-18-12)20-8-7-16-10-20/h1-8,10H,9H2,(H,17,21). The molecule has 0 radical (unpaired) electrons. The number of hydrogen-bond donors (Lipinski definition) is 1. The molecule has 7 heteroatoms. The van der Waals surface area contributed by atoms with Crippen LogP contribution in [0.25, 0.3) is 5.82 Å². The van der Waals surface area contributed by atoms with E-state index >= 15 is 0 Å². The summed E-state index contributed by atoms with van der Waals surface area (Å²) in [4.78, 5) is 19.8. The van der Waals surface area contributed by atoms with Crippen LogP contribution in [0.4, 0.5) is 0 Å². The van der Waals surface area contributed by atoms with Gasteiger partial charge in [0.2, 0.25) is 0 Å². The van der Waals surface area contributed by atoms with Gasteiger partial charge in [0.25, 0.3) is 5.91 Å². The van der Waals surface area contributed by atoms with Crippen molar-refractivity contribution in [3.63, 3.8) is 0 Å². The third-order valence-corrected chi connectivity index (χ3v) is 2.85. The molecule has 1 N–H and O–H groups in total. The van der Waals surface area contributed by atoms with E-state index in [1.165, 1.54) is 0 Å². The van der Waals surface area contributed by atoms with Crippen molar-refractivity contribution in [3.8, 4) is 5.82 Å². The van der Waals surface area contributed by atoms with E-state index in [1.807, 2.05) is 12.1 Å². The van der Waals surface area contributed by atoms with Crippen LogP contribution in [0.3, 0.4) is 0 Å². The van der Waals surface area contributed by atoms with Gasteiger partial charge < -0.3 is 5.32 Å². The first kappa shape index (κ1) is 12.9. The number of nitrogens with zero attached hydrogens (tertiary/aromatic N) is 5. The summed E-state index contributed by atoms with van der Waals surface area (Å²) in [6, 6.07) is 7.03. The van der Waals surface area contributed by atoms with Gasteiger partial charge in [0.1, 0.15) is 6.33 Å². The van der Waals surface area contributed by atoms with Gasteiger partial charge in [-0.1, -0.05) is 0 Å². The molecule has 3 aromatic rings. The molecule has 3 rings (SSSR count). The minimum Gasteiger partial charge on any atom is -0.347 e. The third kappa shape index (κ3) is 3.08. The summed E-state index contributed by atoms with van der Waals surface area (Å²) in [5.74, 6) is 0.342. The largest absolute Gasteiger partial charge is 0.347 e. The Labute approximate surface area is 120 Å². The van der Waals surface area contributed by atoms with E-state index in [0.29, 0.717) is 12.4 Å². The molecule has 0 aliphatic rings. The van der Waals surface area contributed by atoms with Crippen LogP contribution < -0.4 is 5.32 Å². The van der Waals surface area contributed by atoms with Crippen LogP contribution in [0, 0.1) is 0 Å². The maximum absolute atomic E-state index is 12.0. The number of imidazole rings is 1. The van der Waals surface area contributed by atoms with Crippen LogP contribution in [-0.4, -0.2) is 30.6 Å². The molecule has 0 atom stereocenters. The van der Waals surface area contributed by atoms with Gasteiger partial charge >= 0.3 is 0 Å². The molecule has 3 heterocycles. The Balaban J connectivity index is 1.65. The molecule has 7 nitrogen and oxygen atoms in total. The van der Waals surface area contributed by atoms with Crippen molar-refractivity contribution in [2.24, 2.45) is 0 Å². The maximum Gasteiger partial charge on any atom is 0.272 e. The zero-order valence-electron chi connectivity index (χ0n) is 11.0. The Kier molecular flexibility index (Phi) is 3.64. The van der Waals surface area contributed by atoms with Crippen molar-refractivity contribution < 1.29 is 4.79 Å². The second-order valence-electron chi connectivity index (χ2n) is 4.28. The normalized spacial score (nSPS) is 10.3. The number of rotatable bonds is 4. The van der Waals surface area contributed by atoms with Crippen molar-refractivity contribution in [1.29, 1.82) is 0 Å². The fraction of sp³-hybridized carbons (Fsp3) is 0.0714. The highest BCUT2D eigenvalue weighted by atomic mass is 16.1. The number of pyridine rings is 1. The number of hydrogen-bond acceptors (Lipinski definition) is 5. The zero-order chi connectivity index (χ0) is 14.5. The number of carbonyl (C=O) groups is 1. The summed E-state index contributed by atoms with van der Waals surface area (Å²) in [7, 11) is 0. The van der Waals surface area contributed by atoms with Crippen molar-refractivity contribution in [2.45, 2.75) is 6.54 Å². The van der Waals surface area contributed by atoms with Gasteiger partial charge in [0, 0.05) is 31.3 Å². The zero-order valence-corrected chi connectivity index (χ0v) is 11.0. The first-order valence-electron chi connectivity index (χ1n) is 6.32. The molecule has 0 saturated carbocycles. The summed E-state index contributed by atoms with van der Waals surface area (Å²) in [6.45, 7) is 0.423. The van der Waals surface area contributed by atoms with Crippen molar-refractivity contribution in [1.82, 2.24) is 30.0 Å². The van der Waals surface area contributed by atoms with Gasteiger partial charge in [-0.05, 0) is 29.8 Å². The summed E-state index contributed by atoms with van der Waals surface area (Å²) in [5.41, 5.74) is 1.24. The highest BCUT2D eigenvalue weighted by Crippen LogP contribution is 2.03. The Hall–Kier alpha value is -3.09. The molecular weight excluding hydrogens is 268 g/mol. The molecule has 0 aliphatic carbocycles. The SMILES string of the molecule is O=C(NCc1ccncc1)c1ccc(-n2ccnc2)nn1. The number of aromatic nitrogens is 5. The van der Waals surface area contributed by atoms with E-state index in [1.54, 1.807) is 47.8 Å². The first-order chi connectivity index (χ1) is 10.3. The van der Waals surface area contributed by atoms with Crippen molar-refractivity contribution >= 4 is 5.91 Å². The van der Waals surface area contributed by atoms with Gasteiger partial charge in [0.05, 0.1) is 0 Å². The van der Waals surface area contributed by atoms with Crippen molar-refractivity contribution in [2.75, 3.05) is 0 Å². The predicted molar refractivity (Wildman–Crippen MR) is 74.6 cm³/mol. The Bertz CT molecular complexity index is 709. The molecule has 104 valence electrons. The molecule has 0 bridgehead atoms. The second-order valence-corrected chi connectivity index (χ2v) is 4.28. The highest BCUT2D eigenvalue weighted by molar-refractivity contribution is 5.92. The Morgan fingerprint density at radius 3 is 2.57 bits per heavy atom. The lowest BCUT2D eigenvalue weighted by Gasteiger charge is -2.05. The maximum atomic E-state index is 12.0. The van der Waals surface area contributed by atoms with Crippen LogP contribution in [-0.2, 0) is 6.54 Å². The molecule has 0 saturated heterocycles. The monoisotopic (exact) mass is 280 g/mol. The molecular formula is C14H12N6O. The van der Waals surface area contributed by atoms with E-state index in [2.05, 4.69) is 25.5 Å². The molecule has 0 aromatic carbocycles. The van der Waals surface area contributed by atoms with E-state index in [-0.39, 0.29) is 11.6 Å². The third-order valence-electron chi connectivity index (χ3n) is 2.85. The lowest BCUT2D eigenvalue weighted by Crippen LogP contribution is -2.24. The van der Waals surface area contributed by atoms with E-state index in [4.69, 9.17) is 0 Å². The van der Waals surface area contributed by atoms with Gasteiger partial charge in [-0.25, -0.2) is 4.98 Å². The van der Waals surface area contributed by atoms with Crippen LogP contribution in [0.5, 0.6) is 0 Å². The molecule has 0 fully saturated rings. The summed E-state index contributed by atoms with van der Waals surface area (Å²) in [6.07, 6.45) is 8.39. The topological polar surface area (TPSA) is 85.6 Å². The molecule has 3 aromatic heterocycles. The van der Waals surface area contributed by atoms with Gasteiger partial charge in [-0.2, -0.15) is 0 Å². The fourth-order valence-corrected chi connectivity index (χ4v) is 1.75. The first-order valence-corrected chi connectivity index (χ1v) is 6.32. The number of amides is 1. The van der Waals surface area contributed by atoms with Crippen LogP contribution >= 0.6 is 0 Å².